The predicted molar refractivity (Wildman–Crippen MR) is 56.5 cm³/mol. The van der Waals surface area contributed by atoms with Crippen molar-refractivity contribution in [1.82, 2.24) is 0 Å². The van der Waals surface area contributed by atoms with Gasteiger partial charge in [0.15, 0.2) is 0 Å². The van der Waals surface area contributed by atoms with Crippen molar-refractivity contribution in [2.75, 3.05) is 6.54 Å². The van der Waals surface area contributed by atoms with Crippen molar-refractivity contribution in [2.45, 2.75) is 26.3 Å². The van der Waals surface area contributed by atoms with Gasteiger partial charge < -0.3 is 11.5 Å². The molecule has 1 rings (SSSR count). The molecule has 0 aliphatic heterocycles. The molecule has 72 valence electrons. The highest BCUT2D eigenvalue weighted by atomic mass is 14.7. The number of hydrogen-bond acceptors (Lipinski definition) is 2. The quantitative estimate of drug-likeness (QED) is 0.739. The molecule has 0 bridgehead atoms. The monoisotopic (exact) mass is 178 g/mol. The van der Waals surface area contributed by atoms with Gasteiger partial charge in [0.05, 0.1) is 0 Å². The van der Waals surface area contributed by atoms with E-state index in [2.05, 4.69) is 32.0 Å². The molecule has 0 aromatic heterocycles. The zero-order chi connectivity index (χ0) is 9.84. The second-order valence-electron chi connectivity index (χ2n) is 3.54. The zero-order valence-electron chi connectivity index (χ0n) is 8.38. The number of benzene rings is 1. The minimum absolute atomic E-state index is 0.0879. The number of hydrogen-bond donors (Lipinski definition) is 2. The van der Waals surface area contributed by atoms with E-state index in [4.69, 9.17) is 11.5 Å². The molecular weight excluding hydrogens is 160 g/mol. The van der Waals surface area contributed by atoms with Crippen LogP contribution in [0.4, 0.5) is 0 Å². The first kappa shape index (κ1) is 10.2. The normalized spacial score (nSPS) is 12.9. The van der Waals surface area contributed by atoms with E-state index >= 15 is 0 Å². The molecule has 0 saturated heterocycles. The summed E-state index contributed by atoms with van der Waals surface area (Å²) in [6, 6.07) is 6.45. The van der Waals surface area contributed by atoms with Gasteiger partial charge in [0, 0.05) is 6.04 Å². The van der Waals surface area contributed by atoms with Gasteiger partial charge in [-0.2, -0.15) is 0 Å². The van der Waals surface area contributed by atoms with Crippen LogP contribution in [0.5, 0.6) is 0 Å². The summed E-state index contributed by atoms with van der Waals surface area (Å²) in [5.41, 5.74) is 15.2. The molecule has 1 atom stereocenters. The molecule has 4 N–H and O–H groups in total. The second kappa shape index (κ2) is 4.40. The molecule has 1 aromatic carbocycles. The average molecular weight is 178 g/mol. The van der Waals surface area contributed by atoms with Crippen molar-refractivity contribution < 1.29 is 0 Å². The Morgan fingerprint density at radius 1 is 1.31 bits per heavy atom. The fourth-order valence-electron chi connectivity index (χ4n) is 1.49. The van der Waals surface area contributed by atoms with E-state index in [1.54, 1.807) is 0 Å². The summed E-state index contributed by atoms with van der Waals surface area (Å²) in [5.74, 6) is 0. The fourth-order valence-corrected chi connectivity index (χ4v) is 1.49. The Hall–Kier alpha value is -0.860. The van der Waals surface area contributed by atoms with Gasteiger partial charge >= 0.3 is 0 Å². The molecule has 1 unspecified atom stereocenters. The zero-order valence-corrected chi connectivity index (χ0v) is 8.38. The van der Waals surface area contributed by atoms with E-state index in [1.165, 1.54) is 16.7 Å². The first-order valence-corrected chi connectivity index (χ1v) is 4.68. The van der Waals surface area contributed by atoms with Gasteiger partial charge in [-0.1, -0.05) is 23.8 Å². The standard InChI is InChI=1S/C11H18N2/c1-8-3-4-9(2)10(7-8)11(13)5-6-12/h3-4,7,11H,5-6,12-13H2,1-2H3. The van der Waals surface area contributed by atoms with E-state index in [0.29, 0.717) is 6.54 Å². The molecule has 0 spiro atoms. The van der Waals surface area contributed by atoms with Gasteiger partial charge in [-0.05, 0) is 37.9 Å². The Bertz CT molecular complexity index is 281. The molecule has 0 aliphatic carbocycles. The third-order valence-electron chi connectivity index (χ3n) is 2.31. The molecular formula is C11H18N2. The fraction of sp³-hybridized carbons (Fsp3) is 0.455. The van der Waals surface area contributed by atoms with Crippen molar-refractivity contribution in [2.24, 2.45) is 11.5 Å². The van der Waals surface area contributed by atoms with Crippen molar-refractivity contribution in [3.05, 3.63) is 34.9 Å². The lowest BCUT2D eigenvalue weighted by atomic mass is 9.97. The summed E-state index contributed by atoms with van der Waals surface area (Å²) in [5, 5.41) is 0. The van der Waals surface area contributed by atoms with E-state index in [-0.39, 0.29) is 6.04 Å². The van der Waals surface area contributed by atoms with Crippen molar-refractivity contribution in [3.63, 3.8) is 0 Å². The highest BCUT2D eigenvalue weighted by molar-refractivity contribution is 5.32. The Kier molecular flexibility index (Phi) is 3.46. The van der Waals surface area contributed by atoms with Gasteiger partial charge in [0.25, 0.3) is 0 Å². The summed E-state index contributed by atoms with van der Waals surface area (Å²) >= 11 is 0. The average Bonchev–Trinajstić information content (AvgIpc) is 2.09. The molecule has 0 amide bonds. The maximum Gasteiger partial charge on any atom is 0.0309 e. The number of nitrogens with two attached hydrogens (primary N) is 2. The first-order valence-electron chi connectivity index (χ1n) is 4.68. The summed E-state index contributed by atoms with van der Waals surface area (Å²) < 4.78 is 0. The van der Waals surface area contributed by atoms with E-state index < -0.39 is 0 Å². The van der Waals surface area contributed by atoms with Crippen molar-refractivity contribution in [3.8, 4) is 0 Å². The van der Waals surface area contributed by atoms with Crippen LogP contribution in [0.2, 0.25) is 0 Å². The smallest absolute Gasteiger partial charge is 0.0309 e. The Labute approximate surface area is 79.9 Å². The van der Waals surface area contributed by atoms with Gasteiger partial charge in [-0.3, -0.25) is 0 Å². The summed E-state index contributed by atoms with van der Waals surface area (Å²) in [4.78, 5) is 0. The van der Waals surface area contributed by atoms with Crippen LogP contribution in [0.1, 0.15) is 29.2 Å². The van der Waals surface area contributed by atoms with Crippen LogP contribution in [-0.4, -0.2) is 6.54 Å². The minimum Gasteiger partial charge on any atom is -0.330 e. The molecule has 0 fully saturated rings. The summed E-state index contributed by atoms with van der Waals surface area (Å²) in [6.07, 6.45) is 0.851. The third kappa shape index (κ3) is 2.54. The molecule has 0 radical (unpaired) electrons. The lowest BCUT2D eigenvalue weighted by molar-refractivity contribution is 0.657. The molecule has 0 saturated carbocycles. The predicted octanol–water partition coefficient (Wildman–Crippen LogP) is 1.65. The highest BCUT2D eigenvalue weighted by Gasteiger charge is 2.07. The van der Waals surface area contributed by atoms with E-state index in [0.717, 1.165) is 6.42 Å². The SMILES string of the molecule is Cc1ccc(C)c(C(N)CCN)c1. The van der Waals surface area contributed by atoms with Crippen LogP contribution in [0.3, 0.4) is 0 Å². The van der Waals surface area contributed by atoms with Gasteiger partial charge in [-0.25, -0.2) is 0 Å². The lowest BCUT2D eigenvalue weighted by Gasteiger charge is -2.14. The van der Waals surface area contributed by atoms with E-state index in [1.807, 2.05) is 0 Å². The maximum atomic E-state index is 6.00. The Balaban J connectivity index is 2.91. The maximum absolute atomic E-state index is 6.00. The van der Waals surface area contributed by atoms with Crippen molar-refractivity contribution in [1.29, 1.82) is 0 Å². The molecule has 0 aliphatic rings. The highest BCUT2D eigenvalue weighted by Crippen LogP contribution is 2.19. The molecule has 1 aromatic rings. The summed E-state index contributed by atoms with van der Waals surface area (Å²) in [6.45, 7) is 4.82. The van der Waals surface area contributed by atoms with E-state index in [9.17, 15) is 0 Å². The van der Waals surface area contributed by atoms with Crippen LogP contribution in [0, 0.1) is 13.8 Å². The van der Waals surface area contributed by atoms with Crippen LogP contribution in [-0.2, 0) is 0 Å². The van der Waals surface area contributed by atoms with Gasteiger partial charge in [0.2, 0.25) is 0 Å². The number of rotatable bonds is 3. The van der Waals surface area contributed by atoms with Crippen LogP contribution in [0.25, 0.3) is 0 Å². The van der Waals surface area contributed by atoms with Crippen LogP contribution in [0.15, 0.2) is 18.2 Å². The largest absolute Gasteiger partial charge is 0.330 e. The van der Waals surface area contributed by atoms with Crippen molar-refractivity contribution >= 4 is 0 Å². The topological polar surface area (TPSA) is 52.0 Å². The Morgan fingerprint density at radius 3 is 2.62 bits per heavy atom. The lowest BCUT2D eigenvalue weighted by Crippen LogP contribution is -2.16. The third-order valence-corrected chi connectivity index (χ3v) is 2.31. The van der Waals surface area contributed by atoms with Crippen LogP contribution < -0.4 is 11.5 Å². The first-order chi connectivity index (χ1) is 6.15. The molecule has 0 heterocycles. The summed E-state index contributed by atoms with van der Waals surface area (Å²) in [7, 11) is 0. The molecule has 13 heavy (non-hydrogen) atoms. The molecule has 2 nitrogen and oxygen atoms in total. The molecule has 2 heteroatoms. The Morgan fingerprint density at radius 2 is 2.00 bits per heavy atom. The second-order valence-corrected chi connectivity index (χ2v) is 3.54. The van der Waals surface area contributed by atoms with Gasteiger partial charge in [-0.15, -0.1) is 0 Å². The van der Waals surface area contributed by atoms with Crippen LogP contribution >= 0.6 is 0 Å². The van der Waals surface area contributed by atoms with Gasteiger partial charge in [0.1, 0.15) is 0 Å². The minimum atomic E-state index is 0.0879. The number of aryl methyl sites for hydroxylation is 2.